The fourth-order valence-corrected chi connectivity index (χ4v) is 1.94. The van der Waals surface area contributed by atoms with E-state index in [2.05, 4.69) is 26.8 Å². The molecule has 0 saturated heterocycles. The predicted molar refractivity (Wildman–Crippen MR) is 72.3 cm³/mol. The monoisotopic (exact) mass is 250 g/mol. The molecule has 18 heavy (non-hydrogen) atoms. The quantitative estimate of drug-likeness (QED) is 0.871. The average Bonchev–Trinajstić information content (AvgIpc) is 2.27. The summed E-state index contributed by atoms with van der Waals surface area (Å²) in [6.45, 7) is 6.43. The Kier molecular flexibility index (Phi) is 4.76. The van der Waals surface area contributed by atoms with E-state index in [1.807, 2.05) is 12.1 Å². The fourth-order valence-electron chi connectivity index (χ4n) is 1.94. The molecule has 0 atom stereocenters. The van der Waals surface area contributed by atoms with Crippen LogP contribution in [0.1, 0.15) is 44.7 Å². The van der Waals surface area contributed by atoms with E-state index in [1.54, 1.807) is 7.11 Å². The third kappa shape index (κ3) is 4.06. The van der Waals surface area contributed by atoms with Crippen LogP contribution in [-0.2, 0) is 16.6 Å². The van der Waals surface area contributed by atoms with Crippen LogP contribution >= 0.6 is 0 Å². The second kappa shape index (κ2) is 5.89. The van der Waals surface area contributed by atoms with Crippen LogP contribution in [0.3, 0.4) is 0 Å². The fraction of sp³-hybridized carbons (Fsp3) is 0.533. The van der Waals surface area contributed by atoms with Crippen LogP contribution in [0.25, 0.3) is 0 Å². The molecule has 0 fully saturated rings. The Balaban J connectivity index is 2.86. The van der Waals surface area contributed by atoms with E-state index in [9.17, 15) is 4.79 Å². The number of hydrogen-bond donors (Lipinski definition) is 1. The SMILES string of the molecule is COc1ccc(CCCC(=O)O)cc1C(C)(C)C. The van der Waals surface area contributed by atoms with E-state index in [-0.39, 0.29) is 11.8 Å². The Labute approximate surface area is 109 Å². The first-order chi connectivity index (χ1) is 8.34. The molecule has 0 saturated carbocycles. The largest absolute Gasteiger partial charge is 0.496 e. The van der Waals surface area contributed by atoms with E-state index in [4.69, 9.17) is 9.84 Å². The zero-order valence-electron chi connectivity index (χ0n) is 11.6. The summed E-state index contributed by atoms with van der Waals surface area (Å²) in [7, 11) is 1.68. The first-order valence-corrected chi connectivity index (χ1v) is 6.24. The summed E-state index contributed by atoms with van der Waals surface area (Å²) in [6.07, 6.45) is 1.68. The molecule has 0 radical (unpaired) electrons. The summed E-state index contributed by atoms with van der Waals surface area (Å²) in [5.41, 5.74) is 2.36. The lowest BCUT2D eigenvalue weighted by atomic mass is 9.85. The number of ether oxygens (including phenoxy) is 1. The number of aryl methyl sites for hydroxylation is 1. The number of benzene rings is 1. The van der Waals surface area contributed by atoms with Crippen LogP contribution < -0.4 is 4.74 Å². The first-order valence-electron chi connectivity index (χ1n) is 6.24. The molecule has 0 spiro atoms. The third-order valence-electron chi connectivity index (χ3n) is 2.93. The van der Waals surface area contributed by atoms with Crippen molar-refractivity contribution < 1.29 is 14.6 Å². The van der Waals surface area contributed by atoms with Gasteiger partial charge in [0.1, 0.15) is 5.75 Å². The van der Waals surface area contributed by atoms with Crippen molar-refractivity contribution in [3.63, 3.8) is 0 Å². The van der Waals surface area contributed by atoms with E-state index in [0.29, 0.717) is 6.42 Å². The number of carboxylic acids is 1. The van der Waals surface area contributed by atoms with Crippen molar-refractivity contribution in [2.24, 2.45) is 0 Å². The number of methoxy groups -OCH3 is 1. The lowest BCUT2D eigenvalue weighted by molar-refractivity contribution is -0.137. The van der Waals surface area contributed by atoms with Crippen LogP contribution in [0.5, 0.6) is 5.75 Å². The van der Waals surface area contributed by atoms with Crippen molar-refractivity contribution in [3.05, 3.63) is 29.3 Å². The zero-order chi connectivity index (χ0) is 13.8. The minimum absolute atomic E-state index is 0.0220. The second-order valence-electron chi connectivity index (χ2n) is 5.53. The maximum absolute atomic E-state index is 10.5. The van der Waals surface area contributed by atoms with Gasteiger partial charge in [0.25, 0.3) is 0 Å². The van der Waals surface area contributed by atoms with Crippen molar-refractivity contribution in [3.8, 4) is 5.75 Å². The first kappa shape index (κ1) is 14.6. The van der Waals surface area contributed by atoms with Crippen LogP contribution in [0.2, 0.25) is 0 Å². The number of rotatable bonds is 5. The Morgan fingerprint density at radius 3 is 2.50 bits per heavy atom. The van der Waals surface area contributed by atoms with Gasteiger partial charge in [0.2, 0.25) is 0 Å². The molecular weight excluding hydrogens is 228 g/mol. The van der Waals surface area contributed by atoms with Gasteiger partial charge in [0, 0.05) is 6.42 Å². The van der Waals surface area contributed by atoms with Gasteiger partial charge in [-0.2, -0.15) is 0 Å². The summed E-state index contributed by atoms with van der Waals surface area (Å²) >= 11 is 0. The maximum Gasteiger partial charge on any atom is 0.303 e. The molecule has 3 nitrogen and oxygen atoms in total. The maximum atomic E-state index is 10.5. The smallest absolute Gasteiger partial charge is 0.303 e. The van der Waals surface area contributed by atoms with Gasteiger partial charge < -0.3 is 9.84 Å². The molecule has 1 aromatic carbocycles. The molecule has 0 aliphatic rings. The Hall–Kier alpha value is -1.51. The van der Waals surface area contributed by atoms with Gasteiger partial charge in [0.05, 0.1) is 7.11 Å². The molecular formula is C15H22O3. The van der Waals surface area contributed by atoms with E-state index in [0.717, 1.165) is 17.7 Å². The highest BCUT2D eigenvalue weighted by atomic mass is 16.5. The zero-order valence-corrected chi connectivity index (χ0v) is 11.6. The minimum Gasteiger partial charge on any atom is -0.496 e. The summed E-state index contributed by atoms with van der Waals surface area (Å²) in [4.78, 5) is 10.5. The highest BCUT2D eigenvalue weighted by Crippen LogP contribution is 2.32. The highest BCUT2D eigenvalue weighted by molar-refractivity contribution is 5.66. The van der Waals surface area contributed by atoms with Crippen LogP contribution in [0.15, 0.2) is 18.2 Å². The molecule has 1 rings (SSSR count). The van der Waals surface area contributed by atoms with Gasteiger partial charge in [-0.25, -0.2) is 0 Å². The molecule has 0 amide bonds. The summed E-state index contributed by atoms with van der Waals surface area (Å²) < 4.78 is 5.38. The van der Waals surface area contributed by atoms with Crippen molar-refractivity contribution >= 4 is 5.97 Å². The average molecular weight is 250 g/mol. The normalized spacial score (nSPS) is 11.3. The second-order valence-corrected chi connectivity index (χ2v) is 5.53. The van der Waals surface area contributed by atoms with Gasteiger partial charge in [-0.05, 0) is 35.4 Å². The summed E-state index contributed by atoms with van der Waals surface area (Å²) in [5.74, 6) is 0.157. The summed E-state index contributed by atoms with van der Waals surface area (Å²) in [5, 5.41) is 8.64. The highest BCUT2D eigenvalue weighted by Gasteiger charge is 2.19. The number of carboxylic acid groups (broad SMARTS) is 1. The Morgan fingerprint density at radius 2 is 2.00 bits per heavy atom. The van der Waals surface area contributed by atoms with Crippen LogP contribution in [0.4, 0.5) is 0 Å². The predicted octanol–water partition coefficient (Wildman–Crippen LogP) is 3.40. The molecule has 0 unspecified atom stereocenters. The van der Waals surface area contributed by atoms with Crippen molar-refractivity contribution in [1.29, 1.82) is 0 Å². The molecule has 0 aliphatic heterocycles. The van der Waals surface area contributed by atoms with Crippen LogP contribution in [0, 0.1) is 0 Å². The molecule has 3 heteroatoms. The van der Waals surface area contributed by atoms with Gasteiger partial charge in [0.15, 0.2) is 0 Å². The number of carbonyl (C=O) groups is 1. The van der Waals surface area contributed by atoms with Crippen molar-refractivity contribution in [1.82, 2.24) is 0 Å². The standard InChI is InChI=1S/C15H22O3/c1-15(2,3)12-10-11(6-5-7-14(16)17)8-9-13(12)18-4/h8-10H,5-7H2,1-4H3,(H,16,17). The molecule has 100 valence electrons. The van der Waals surface area contributed by atoms with Crippen molar-refractivity contribution in [2.75, 3.05) is 7.11 Å². The van der Waals surface area contributed by atoms with Gasteiger partial charge in [-0.3, -0.25) is 4.79 Å². The molecule has 0 heterocycles. The molecule has 1 aromatic rings. The molecule has 0 bridgehead atoms. The topological polar surface area (TPSA) is 46.5 Å². The third-order valence-corrected chi connectivity index (χ3v) is 2.93. The molecule has 0 aliphatic carbocycles. The van der Waals surface area contributed by atoms with E-state index in [1.165, 1.54) is 5.56 Å². The number of aliphatic carboxylic acids is 1. The van der Waals surface area contributed by atoms with Crippen LogP contribution in [-0.4, -0.2) is 18.2 Å². The van der Waals surface area contributed by atoms with Gasteiger partial charge in [-0.1, -0.05) is 32.9 Å². The van der Waals surface area contributed by atoms with Gasteiger partial charge >= 0.3 is 5.97 Å². The lowest BCUT2D eigenvalue weighted by Gasteiger charge is -2.23. The number of hydrogen-bond acceptors (Lipinski definition) is 2. The van der Waals surface area contributed by atoms with Crippen molar-refractivity contribution in [2.45, 2.75) is 45.4 Å². The lowest BCUT2D eigenvalue weighted by Crippen LogP contribution is -2.13. The van der Waals surface area contributed by atoms with E-state index < -0.39 is 5.97 Å². The molecule has 1 N–H and O–H groups in total. The van der Waals surface area contributed by atoms with Gasteiger partial charge in [-0.15, -0.1) is 0 Å². The minimum atomic E-state index is -0.737. The summed E-state index contributed by atoms with van der Waals surface area (Å²) in [6, 6.07) is 6.10. The Morgan fingerprint density at radius 1 is 1.33 bits per heavy atom. The molecule has 0 aromatic heterocycles. The van der Waals surface area contributed by atoms with E-state index >= 15 is 0 Å². The Bertz CT molecular complexity index is 416.